The zero-order valence-electron chi connectivity index (χ0n) is 9.96. The van der Waals surface area contributed by atoms with E-state index in [1.807, 2.05) is 18.2 Å². The maximum atomic E-state index is 8.68. The van der Waals surface area contributed by atoms with Gasteiger partial charge in [-0.15, -0.1) is 0 Å². The smallest absolute Gasteiger partial charge is 0.0670 e. The number of nitrogens with zero attached hydrogens (tertiary/aromatic N) is 1. The van der Waals surface area contributed by atoms with E-state index in [1.165, 1.54) is 0 Å². The molecule has 0 radical (unpaired) electrons. The van der Waals surface area contributed by atoms with Crippen LogP contribution in [0.5, 0.6) is 0 Å². The molecule has 0 aliphatic carbocycles. The van der Waals surface area contributed by atoms with E-state index in [9.17, 15) is 0 Å². The quantitative estimate of drug-likeness (QED) is 0.745. The second kappa shape index (κ2) is 6.02. The van der Waals surface area contributed by atoms with Crippen LogP contribution in [0.15, 0.2) is 18.2 Å². The fourth-order valence-corrected chi connectivity index (χ4v) is 1.66. The molecule has 0 aliphatic heterocycles. The first-order chi connectivity index (χ1) is 7.71. The maximum Gasteiger partial charge on any atom is 0.0670 e. The SMILES string of the molecule is CCC(CC)Nc1ccc(N)c(CC#N)c1. The van der Waals surface area contributed by atoms with Crippen molar-refractivity contribution in [1.29, 1.82) is 5.26 Å². The number of hydrogen-bond donors (Lipinski definition) is 2. The highest BCUT2D eigenvalue weighted by atomic mass is 14.9. The largest absolute Gasteiger partial charge is 0.398 e. The summed E-state index contributed by atoms with van der Waals surface area (Å²) in [7, 11) is 0. The standard InChI is InChI=1S/C13H19N3/c1-3-11(4-2)16-12-5-6-13(15)10(9-12)7-8-14/h5-6,9,11,16H,3-4,7,15H2,1-2H3. The average molecular weight is 217 g/mol. The van der Waals surface area contributed by atoms with Crippen LogP contribution in [0.25, 0.3) is 0 Å². The molecule has 0 saturated carbocycles. The molecule has 3 heteroatoms. The summed E-state index contributed by atoms with van der Waals surface area (Å²) in [6.45, 7) is 4.32. The van der Waals surface area contributed by atoms with Crippen LogP contribution in [0.1, 0.15) is 32.3 Å². The fourth-order valence-electron chi connectivity index (χ4n) is 1.66. The van der Waals surface area contributed by atoms with Crippen molar-refractivity contribution in [2.75, 3.05) is 11.1 Å². The zero-order valence-corrected chi connectivity index (χ0v) is 9.96. The van der Waals surface area contributed by atoms with Gasteiger partial charge in [0, 0.05) is 17.4 Å². The number of nitriles is 1. The molecule has 1 rings (SSSR count). The summed E-state index contributed by atoms with van der Waals surface area (Å²) >= 11 is 0. The summed E-state index contributed by atoms with van der Waals surface area (Å²) in [4.78, 5) is 0. The lowest BCUT2D eigenvalue weighted by Gasteiger charge is -2.17. The van der Waals surface area contributed by atoms with E-state index < -0.39 is 0 Å². The van der Waals surface area contributed by atoms with Gasteiger partial charge in [-0.3, -0.25) is 0 Å². The normalized spacial score (nSPS) is 10.1. The predicted molar refractivity (Wildman–Crippen MR) is 68.2 cm³/mol. The van der Waals surface area contributed by atoms with E-state index in [-0.39, 0.29) is 0 Å². The third kappa shape index (κ3) is 3.16. The number of benzene rings is 1. The van der Waals surface area contributed by atoms with Crippen LogP contribution >= 0.6 is 0 Å². The lowest BCUT2D eigenvalue weighted by atomic mass is 10.1. The van der Waals surface area contributed by atoms with Crippen molar-refractivity contribution >= 4 is 11.4 Å². The molecule has 0 spiro atoms. The molecule has 1 aromatic carbocycles. The minimum absolute atomic E-state index is 0.365. The Balaban J connectivity index is 2.82. The van der Waals surface area contributed by atoms with Gasteiger partial charge in [-0.05, 0) is 36.6 Å². The first-order valence-electron chi connectivity index (χ1n) is 5.73. The minimum Gasteiger partial charge on any atom is -0.398 e. The molecule has 0 saturated heterocycles. The van der Waals surface area contributed by atoms with E-state index in [2.05, 4.69) is 25.2 Å². The van der Waals surface area contributed by atoms with Crippen LogP contribution < -0.4 is 11.1 Å². The zero-order chi connectivity index (χ0) is 12.0. The van der Waals surface area contributed by atoms with Gasteiger partial charge < -0.3 is 11.1 Å². The third-order valence-corrected chi connectivity index (χ3v) is 2.77. The maximum absolute atomic E-state index is 8.68. The fraction of sp³-hybridized carbons (Fsp3) is 0.462. The molecule has 0 aliphatic rings. The molecule has 0 bridgehead atoms. The van der Waals surface area contributed by atoms with Gasteiger partial charge in [0.25, 0.3) is 0 Å². The second-order valence-corrected chi connectivity index (χ2v) is 3.91. The highest BCUT2D eigenvalue weighted by Crippen LogP contribution is 2.19. The van der Waals surface area contributed by atoms with E-state index in [4.69, 9.17) is 11.0 Å². The molecule has 3 N–H and O–H groups in total. The van der Waals surface area contributed by atoms with Crippen LogP contribution in [-0.4, -0.2) is 6.04 Å². The molecule has 0 unspecified atom stereocenters. The molecule has 1 aromatic rings. The average Bonchev–Trinajstić information content (AvgIpc) is 2.30. The molecule has 16 heavy (non-hydrogen) atoms. The van der Waals surface area contributed by atoms with Crippen molar-refractivity contribution in [3.63, 3.8) is 0 Å². The lowest BCUT2D eigenvalue weighted by Crippen LogP contribution is -2.17. The Morgan fingerprint density at radius 1 is 1.38 bits per heavy atom. The van der Waals surface area contributed by atoms with E-state index in [0.29, 0.717) is 18.2 Å². The van der Waals surface area contributed by atoms with Gasteiger partial charge in [0.05, 0.1) is 12.5 Å². The Morgan fingerprint density at radius 2 is 2.06 bits per heavy atom. The van der Waals surface area contributed by atoms with Crippen molar-refractivity contribution in [2.45, 2.75) is 39.2 Å². The molecule has 0 aromatic heterocycles. The van der Waals surface area contributed by atoms with Crippen LogP contribution in [0, 0.1) is 11.3 Å². The third-order valence-electron chi connectivity index (χ3n) is 2.77. The van der Waals surface area contributed by atoms with Crippen LogP contribution in [0.2, 0.25) is 0 Å². The van der Waals surface area contributed by atoms with Gasteiger partial charge >= 0.3 is 0 Å². The Bertz CT molecular complexity index is 375. The number of hydrogen-bond acceptors (Lipinski definition) is 3. The molecule has 0 heterocycles. The monoisotopic (exact) mass is 217 g/mol. The van der Waals surface area contributed by atoms with Gasteiger partial charge in [0.1, 0.15) is 0 Å². The Morgan fingerprint density at radius 3 is 2.62 bits per heavy atom. The van der Waals surface area contributed by atoms with Crippen LogP contribution in [-0.2, 0) is 6.42 Å². The number of anilines is 2. The van der Waals surface area contributed by atoms with Gasteiger partial charge in [0.15, 0.2) is 0 Å². The summed E-state index contributed by atoms with van der Waals surface area (Å²) in [5.74, 6) is 0. The molecule has 86 valence electrons. The van der Waals surface area contributed by atoms with Crippen LogP contribution in [0.3, 0.4) is 0 Å². The summed E-state index contributed by atoms with van der Waals surface area (Å²) in [6, 6.07) is 8.40. The molecule has 0 amide bonds. The topological polar surface area (TPSA) is 61.8 Å². The number of nitrogens with two attached hydrogens (primary N) is 1. The molecule has 3 nitrogen and oxygen atoms in total. The molecule has 0 atom stereocenters. The molecule has 0 fully saturated rings. The number of rotatable bonds is 5. The number of nitrogens with one attached hydrogen (secondary N) is 1. The molecular formula is C13H19N3. The summed E-state index contributed by atoms with van der Waals surface area (Å²) in [5.41, 5.74) is 8.43. The highest BCUT2D eigenvalue weighted by molar-refractivity contribution is 5.58. The van der Waals surface area contributed by atoms with Crippen molar-refractivity contribution in [2.24, 2.45) is 0 Å². The van der Waals surface area contributed by atoms with Gasteiger partial charge in [-0.1, -0.05) is 13.8 Å². The Hall–Kier alpha value is -1.69. The van der Waals surface area contributed by atoms with E-state index >= 15 is 0 Å². The summed E-state index contributed by atoms with van der Waals surface area (Å²) < 4.78 is 0. The van der Waals surface area contributed by atoms with Crippen LogP contribution in [0.4, 0.5) is 11.4 Å². The highest BCUT2D eigenvalue weighted by Gasteiger charge is 2.05. The van der Waals surface area contributed by atoms with Crippen molar-refractivity contribution in [1.82, 2.24) is 0 Å². The van der Waals surface area contributed by atoms with Gasteiger partial charge in [0.2, 0.25) is 0 Å². The minimum atomic E-state index is 0.365. The van der Waals surface area contributed by atoms with Crippen molar-refractivity contribution in [3.05, 3.63) is 23.8 Å². The number of nitrogen functional groups attached to an aromatic ring is 1. The lowest BCUT2D eigenvalue weighted by molar-refractivity contribution is 0.672. The summed E-state index contributed by atoms with van der Waals surface area (Å²) in [5, 5.41) is 12.1. The Labute approximate surface area is 97.3 Å². The predicted octanol–water partition coefficient (Wildman–Crippen LogP) is 2.94. The first-order valence-corrected chi connectivity index (χ1v) is 5.73. The van der Waals surface area contributed by atoms with E-state index in [0.717, 1.165) is 24.1 Å². The summed E-state index contributed by atoms with van der Waals surface area (Å²) in [6.07, 6.45) is 2.55. The first kappa shape index (κ1) is 12.4. The van der Waals surface area contributed by atoms with Gasteiger partial charge in [-0.2, -0.15) is 5.26 Å². The molecular weight excluding hydrogens is 198 g/mol. The second-order valence-electron chi connectivity index (χ2n) is 3.91. The van der Waals surface area contributed by atoms with Crippen molar-refractivity contribution < 1.29 is 0 Å². The van der Waals surface area contributed by atoms with Crippen molar-refractivity contribution in [3.8, 4) is 6.07 Å². The Kier molecular flexibility index (Phi) is 4.65. The van der Waals surface area contributed by atoms with E-state index in [1.54, 1.807) is 0 Å². The van der Waals surface area contributed by atoms with Gasteiger partial charge in [-0.25, -0.2) is 0 Å².